The molecule has 0 saturated carbocycles. The van der Waals surface area contributed by atoms with Crippen molar-refractivity contribution >= 4 is 5.97 Å². The van der Waals surface area contributed by atoms with Crippen molar-refractivity contribution in [1.29, 1.82) is 0 Å². The monoisotopic (exact) mass is 240 g/mol. The fourth-order valence-corrected chi connectivity index (χ4v) is 0.998. The summed E-state index contributed by atoms with van der Waals surface area (Å²) in [6.07, 6.45) is 0. The Balaban J connectivity index is 0.000000366. The fourth-order valence-electron chi connectivity index (χ4n) is 0.998. The summed E-state index contributed by atoms with van der Waals surface area (Å²) in [5.41, 5.74) is 0.606. The van der Waals surface area contributed by atoms with E-state index in [1.807, 2.05) is 25.1 Å². The summed E-state index contributed by atoms with van der Waals surface area (Å²) in [5, 5.41) is 8.07. The van der Waals surface area contributed by atoms with E-state index in [-0.39, 0.29) is 12.6 Å². The molecule has 0 amide bonds. The van der Waals surface area contributed by atoms with Crippen LogP contribution in [-0.4, -0.2) is 37.5 Å². The van der Waals surface area contributed by atoms with Crippen LogP contribution in [0.1, 0.15) is 24.2 Å². The molecule has 96 valence electrons. The smallest absolute Gasteiger partial charge is 0.338 e. The van der Waals surface area contributed by atoms with Gasteiger partial charge in [0, 0.05) is 6.61 Å². The molecule has 1 aromatic carbocycles. The minimum absolute atomic E-state index is 0.133. The molecule has 0 atom stereocenters. The van der Waals surface area contributed by atoms with Gasteiger partial charge in [0.05, 0.1) is 25.4 Å². The minimum atomic E-state index is -0.256. The van der Waals surface area contributed by atoms with Crippen LogP contribution in [0.3, 0.4) is 0 Å². The van der Waals surface area contributed by atoms with E-state index < -0.39 is 0 Å². The van der Waals surface area contributed by atoms with Gasteiger partial charge in [0.1, 0.15) is 0 Å². The second-order valence-electron chi connectivity index (χ2n) is 3.01. The van der Waals surface area contributed by atoms with Gasteiger partial charge in [-0.25, -0.2) is 4.79 Å². The Bertz CT molecular complexity index is 281. The molecule has 0 fully saturated rings. The number of esters is 1. The maximum atomic E-state index is 11.0. The summed E-state index contributed by atoms with van der Waals surface area (Å²) < 4.78 is 9.52. The average Bonchev–Trinajstić information content (AvgIpc) is 2.38. The first kappa shape index (κ1) is 15.6. The van der Waals surface area contributed by atoms with Crippen LogP contribution >= 0.6 is 0 Å². The van der Waals surface area contributed by atoms with Gasteiger partial charge >= 0.3 is 5.97 Å². The highest BCUT2D eigenvalue weighted by Crippen LogP contribution is 1.99. The van der Waals surface area contributed by atoms with Gasteiger partial charge in [-0.05, 0) is 26.0 Å². The van der Waals surface area contributed by atoms with Crippen LogP contribution in [0.25, 0.3) is 0 Å². The molecule has 0 bridgehead atoms. The summed E-state index contributed by atoms with van der Waals surface area (Å²) in [5.74, 6) is -0.256. The molecule has 1 N–H and O–H groups in total. The molecule has 0 heterocycles. The van der Waals surface area contributed by atoms with Crippen LogP contribution in [0.4, 0.5) is 0 Å². The molecular weight excluding hydrogens is 220 g/mol. The topological polar surface area (TPSA) is 55.8 Å². The van der Waals surface area contributed by atoms with Gasteiger partial charge in [-0.2, -0.15) is 0 Å². The van der Waals surface area contributed by atoms with Crippen molar-refractivity contribution in [2.75, 3.05) is 26.4 Å². The molecule has 17 heavy (non-hydrogen) atoms. The third-order valence-corrected chi connectivity index (χ3v) is 1.72. The first-order chi connectivity index (χ1) is 8.26. The van der Waals surface area contributed by atoms with Crippen LogP contribution < -0.4 is 0 Å². The van der Waals surface area contributed by atoms with Crippen LogP contribution in [0.2, 0.25) is 0 Å². The molecule has 0 aliphatic heterocycles. The van der Waals surface area contributed by atoms with Crippen molar-refractivity contribution in [3.8, 4) is 0 Å². The van der Waals surface area contributed by atoms with Crippen LogP contribution in [-0.2, 0) is 9.47 Å². The Morgan fingerprint density at radius 2 is 1.82 bits per heavy atom. The Morgan fingerprint density at radius 3 is 2.24 bits per heavy atom. The van der Waals surface area contributed by atoms with Gasteiger partial charge in [0.15, 0.2) is 0 Å². The molecule has 4 nitrogen and oxygen atoms in total. The van der Waals surface area contributed by atoms with Crippen molar-refractivity contribution in [3.05, 3.63) is 35.9 Å². The normalized spacial score (nSPS) is 9.12. The van der Waals surface area contributed by atoms with Crippen molar-refractivity contribution in [1.82, 2.24) is 0 Å². The zero-order chi connectivity index (χ0) is 12.9. The Labute approximate surface area is 102 Å². The van der Waals surface area contributed by atoms with Gasteiger partial charge in [-0.15, -0.1) is 0 Å². The number of hydrogen-bond donors (Lipinski definition) is 1. The highest BCUT2D eigenvalue weighted by atomic mass is 16.5. The molecule has 0 saturated heterocycles. The predicted octanol–water partition coefficient (Wildman–Crippen LogP) is 1.88. The molecule has 4 heteroatoms. The Morgan fingerprint density at radius 1 is 1.18 bits per heavy atom. The largest absolute Gasteiger partial charge is 0.462 e. The summed E-state index contributed by atoms with van der Waals surface area (Å²) in [6.45, 7) is 5.41. The third kappa shape index (κ3) is 8.42. The predicted molar refractivity (Wildman–Crippen MR) is 66.0 cm³/mol. The van der Waals surface area contributed by atoms with E-state index in [1.165, 1.54) is 0 Å². The number of aliphatic hydroxyl groups excluding tert-OH is 1. The SMILES string of the molecule is CCOC(=O)c1ccccc1.CCOCCO. The van der Waals surface area contributed by atoms with Crippen molar-refractivity contribution in [2.45, 2.75) is 13.8 Å². The van der Waals surface area contributed by atoms with Crippen LogP contribution in [0.5, 0.6) is 0 Å². The van der Waals surface area contributed by atoms with Crippen LogP contribution in [0, 0.1) is 0 Å². The molecule has 1 rings (SSSR count). The standard InChI is InChI=1S/C9H10O2.C4H10O2/c1-2-11-9(10)8-6-4-3-5-7-8;1-2-6-4-3-5/h3-7H,2H2,1H3;5H,2-4H2,1H3. The molecule has 1 aromatic rings. The average molecular weight is 240 g/mol. The second-order valence-corrected chi connectivity index (χ2v) is 3.01. The number of ether oxygens (including phenoxy) is 2. The molecule has 0 spiro atoms. The number of carbonyl (C=O) groups is 1. The van der Waals surface area contributed by atoms with Crippen molar-refractivity contribution < 1.29 is 19.4 Å². The molecule has 0 aromatic heterocycles. The summed E-state index contributed by atoms with van der Waals surface area (Å²) in [7, 11) is 0. The first-order valence-electron chi connectivity index (χ1n) is 5.67. The van der Waals surface area contributed by atoms with E-state index in [0.29, 0.717) is 25.4 Å². The lowest BCUT2D eigenvalue weighted by Gasteiger charge is -1.99. The highest BCUT2D eigenvalue weighted by Gasteiger charge is 2.02. The first-order valence-corrected chi connectivity index (χ1v) is 5.67. The summed E-state index contributed by atoms with van der Waals surface area (Å²) in [4.78, 5) is 11.0. The van der Waals surface area contributed by atoms with Gasteiger partial charge in [0.25, 0.3) is 0 Å². The van der Waals surface area contributed by atoms with E-state index in [0.717, 1.165) is 0 Å². The van der Waals surface area contributed by atoms with E-state index in [2.05, 4.69) is 0 Å². The van der Waals surface area contributed by atoms with E-state index in [4.69, 9.17) is 14.6 Å². The van der Waals surface area contributed by atoms with Crippen molar-refractivity contribution in [3.63, 3.8) is 0 Å². The Kier molecular flexibility index (Phi) is 10.2. The second kappa shape index (κ2) is 11.1. The van der Waals surface area contributed by atoms with E-state index in [1.54, 1.807) is 19.1 Å². The zero-order valence-corrected chi connectivity index (χ0v) is 10.4. The summed E-state index contributed by atoms with van der Waals surface area (Å²) in [6, 6.07) is 8.96. The number of carbonyl (C=O) groups excluding carboxylic acids is 1. The van der Waals surface area contributed by atoms with Gasteiger partial charge in [-0.1, -0.05) is 18.2 Å². The maximum absolute atomic E-state index is 11.0. The Hall–Kier alpha value is -1.39. The molecule has 0 radical (unpaired) electrons. The third-order valence-electron chi connectivity index (χ3n) is 1.72. The number of benzene rings is 1. The van der Waals surface area contributed by atoms with Crippen molar-refractivity contribution in [2.24, 2.45) is 0 Å². The van der Waals surface area contributed by atoms with Gasteiger partial charge in [0.2, 0.25) is 0 Å². The highest BCUT2D eigenvalue weighted by molar-refractivity contribution is 5.89. The lowest BCUT2D eigenvalue weighted by molar-refractivity contribution is 0.0526. The van der Waals surface area contributed by atoms with Gasteiger partial charge < -0.3 is 14.6 Å². The zero-order valence-electron chi connectivity index (χ0n) is 10.4. The number of rotatable bonds is 5. The fraction of sp³-hybridized carbons (Fsp3) is 0.462. The maximum Gasteiger partial charge on any atom is 0.338 e. The van der Waals surface area contributed by atoms with Gasteiger partial charge in [-0.3, -0.25) is 0 Å². The molecule has 0 aliphatic rings. The van der Waals surface area contributed by atoms with Crippen LogP contribution in [0.15, 0.2) is 30.3 Å². The van der Waals surface area contributed by atoms with E-state index in [9.17, 15) is 4.79 Å². The lowest BCUT2D eigenvalue weighted by atomic mass is 10.2. The number of hydrogen-bond acceptors (Lipinski definition) is 4. The quantitative estimate of drug-likeness (QED) is 0.630. The minimum Gasteiger partial charge on any atom is -0.462 e. The molecule has 0 aliphatic carbocycles. The summed E-state index contributed by atoms with van der Waals surface area (Å²) >= 11 is 0. The number of aliphatic hydroxyl groups is 1. The molecule has 0 unspecified atom stereocenters. The van der Waals surface area contributed by atoms with E-state index >= 15 is 0 Å². The molecular formula is C13H20O4. The lowest BCUT2D eigenvalue weighted by Crippen LogP contribution is -2.03.